The highest BCUT2D eigenvalue weighted by Gasteiger charge is 2.29. The first-order valence-electron chi connectivity index (χ1n) is 7.83. The summed E-state index contributed by atoms with van der Waals surface area (Å²) in [5.74, 6) is 2.34. The van der Waals surface area contributed by atoms with Gasteiger partial charge in [0.25, 0.3) is 0 Å². The minimum atomic E-state index is -0.0225. The molecule has 5 heteroatoms. The van der Waals surface area contributed by atoms with Crippen LogP contribution in [0.2, 0.25) is 0 Å². The standard InChI is InChI=1S/C15H27N3O2/c1-3-11(10-16)9-13-17-15(18-20-13)14(19-2)12-7-5-4-6-8-12/h11-12,14H,3-10,16H2,1-2H3. The zero-order chi connectivity index (χ0) is 14.4. The molecule has 0 amide bonds. The fraction of sp³-hybridized carbons (Fsp3) is 0.867. The first-order valence-corrected chi connectivity index (χ1v) is 7.83. The maximum Gasteiger partial charge on any atom is 0.227 e. The van der Waals surface area contributed by atoms with Crippen LogP contribution in [0.3, 0.4) is 0 Å². The number of hydrogen-bond acceptors (Lipinski definition) is 5. The van der Waals surface area contributed by atoms with E-state index in [1.54, 1.807) is 7.11 Å². The topological polar surface area (TPSA) is 74.2 Å². The van der Waals surface area contributed by atoms with Crippen molar-refractivity contribution in [1.82, 2.24) is 10.1 Å². The van der Waals surface area contributed by atoms with Gasteiger partial charge in [0.05, 0.1) is 0 Å². The summed E-state index contributed by atoms with van der Waals surface area (Å²) >= 11 is 0. The summed E-state index contributed by atoms with van der Waals surface area (Å²) in [7, 11) is 1.74. The van der Waals surface area contributed by atoms with Gasteiger partial charge in [0, 0.05) is 13.5 Å². The molecule has 1 aromatic heterocycles. The molecule has 1 saturated carbocycles. The Kier molecular flexibility index (Phi) is 5.98. The Balaban J connectivity index is 2.01. The first-order chi connectivity index (χ1) is 9.78. The average Bonchev–Trinajstić information content (AvgIpc) is 2.95. The molecule has 1 aromatic rings. The monoisotopic (exact) mass is 281 g/mol. The molecule has 0 radical (unpaired) electrons. The van der Waals surface area contributed by atoms with Gasteiger partial charge in [0.1, 0.15) is 6.10 Å². The lowest BCUT2D eigenvalue weighted by atomic mass is 9.85. The van der Waals surface area contributed by atoms with Crippen molar-refractivity contribution in [3.8, 4) is 0 Å². The summed E-state index contributed by atoms with van der Waals surface area (Å²) in [5, 5.41) is 4.13. The molecule has 0 bridgehead atoms. The Morgan fingerprint density at radius 1 is 1.35 bits per heavy atom. The van der Waals surface area contributed by atoms with E-state index >= 15 is 0 Å². The molecule has 2 rings (SSSR count). The summed E-state index contributed by atoms with van der Waals surface area (Å²) in [5.41, 5.74) is 5.73. The van der Waals surface area contributed by atoms with Crippen molar-refractivity contribution in [3.05, 3.63) is 11.7 Å². The van der Waals surface area contributed by atoms with E-state index in [-0.39, 0.29) is 6.10 Å². The van der Waals surface area contributed by atoms with Crippen LogP contribution < -0.4 is 5.73 Å². The zero-order valence-corrected chi connectivity index (χ0v) is 12.7. The van der Waals surface area contributed by atoms with E-state index in [1.165, 1.54) is 32.1 Å². The van der Waals surface area contributed by atoms with Crippen LogP contribution >= 0.6 is 0 Å². The summed E-state index contributed by atoms with van der Waals surface area (Å²) in [6.45, 7) is 2.79. The van der Waals surface area contributed by atoms with Gasteiger partial charge in [-0.15, -0.1) is 0 Å². The molecule has 1 heterocycles. The van der Waals surface area contributed by atoms with E-state index in [0.29, 0.717) is 30.1 Å². The molecule has 1 aliphatic rings. The minimum absolute atomic E-state index is 0.0225. The van der Waals surface area contributed by atoms with E-state index in [2.05, 4.69) is 17.1 Å². The van der Waals surface area contributed by atoms with E-state index in [0.717, 1.165) is 12.8 Å². The van der Waals surface area contributed by atoms with Crippen molar-refractivity contribution in [2.45, 2.75) is 58.0 Å². The minimum Gasteiger partial charge on any atom is -0.373 e. The van der Waals surface area contributed by atoms with Crippen molar-refractivity contribution in [1.29, 1.82) is 0 Å². The number of nitrogens with zero attached hydrogens (tertiary/aromatic N) is 2. The van der Waals surface area contributed by atoms with Gasteiger partial charge >= 0.3 is 0 Å². The first kappa shape index (κ1) is 15.4. The highest BCUT2D eigenvalue weighted by atomic mass is 16.5. The molecule has 1 aliphatic carbocycles. The quantitative estimate of drug-likeness (QED) is 0.831. The number of hydrogen-bond donors (Lipinski definition) is 1. The SMILES string of the molecule is CCC(CN)Cc1nc(C(OC)C2CCCCC2)no1. The van der Waals surface area contributed by atoms with Gasteiger partial charge in [-0.1, -0.05) is 37.8 Å². The fourth-order valence-electron chi connectivity index (χ4n) is 3.05. The third-order valence-corrected chi connectivity index (χ3v) is 4.44. The zero-order valence-electron chi connectivity index (χ0n) is 12.7. The molecule has 0 aliphatic heterocycles. The van der Waals surface area contributed by atoms with Crippen molar-refractivity contribution < 1.29 is 9.26 Å². The lowest BCUT2D eigenvalue weighted by Gasteiger charge is -2.26. The van der Waals surface area contributed by atoms with Crippen molar-refractivity contribution >= 4 is 0 Å². The third-order valence-electron chi connectivity index (χ3n) is 4.44. The number of methoxy groups -OCH3 is 1. The van der Waals surface area contributed by atoms with Crippen molar-refractivity contribution in [2.24, 2.45) is 17.6 Å². The number of aromatic nitrogens is 2. The Bertz CT molecular complexity index is 384. The second kappa shape index (κ2) is 7.74. The maximum atomic E-state index is 5.73. The molecule has 2 N–H and O–H groups in total. The largest absolute Gasteiger partial charge is 0.373 e. The Morgan fingerprint density at radius 3 is 2.70 bits per heavy atom. The highest BCUT2D eigenvalue weighted by Crippen LogP contribution is 2.35. The predicted molar refractivity (Wildman–Crippen MR) is 77.2 cm³/mol. The summed E-state index contributed by atoms with van der Waals surface area (Å²) < 4.78 is 11.0. The Labute approximate surface area is 121 Å². The van der Waals surface area contributed by atoms with E-state index in [1.807, 2.05) is 0 Å². The number of rotatable bonds is 7. The Hall–Kier alpha value is -0.940. The second-order valence-corrected chi connectivity index (χ2v) is 5.81. The van der Waals surface area contributed by atoms with Crippen LogP contribution in [0.25, 0.3) is 0 Å². The van der Waals surface area contributed by atoms with E-state index in [9.17, 15) is 0 Å². The molecular formula is C15H27N3O2. The summed E-state index contributed by atoms with van der Waals surface area (Å²) in [6, 6.07) is 0. The molecular weight excluding hydrogens is 254 g/mol. The Morgan fingerprint density at radius 2 is 2.10 bits per heavy atom. The van der Waals surface area contributed by atoms with Gasteiger partial charge in [-0.2, -0.15) is 4.98 Å². The maximum absolute atomic E-state index is 5.73. The number of nitrogens with two attached hydrogens (primary N) is 1. The van der Waals surface area contributed by atoms with E-state index in [4.69, 9.17) is 15.0 Å². The van der Waals surface area contributed by atoms with Crippen LogP contribution in [0.4, 0.5) is 0 Å². The summed E-state index contributed by atoms with van der Waals surface area (Å²) in [4.78, 5) is 4.53. The van der Waals surface area contributed by atoms with Crippen LogP contribution in [-0.2, 0) is 11.2 Å². The molecule has 0 aromatic carbocycles. The van der Waals surface area contributed by atoms with Crippen LogP contribution in [0.15, 0.2) is 4.52 Å². The summed E-state index contributed by atoms with van der Waals surface area (Å²) in [6.07, 6.45) is 8.06. The van der Waals surface area contributed by atoms with Gasteiger partial charge in [-0.3, -0.25) is 0 Å². The number of ether oxygens (including phenoxy) is 1. The highest BCUT2D eigenvalue weighted by molar-refractivity contribution is 4.95. The second-order valence-electron chi connectivity index (χ2n) is 5.81. The fourth-order valence-corrected chi connectivity index (χ4v) is 3.05. The van der Waals surface area contributed by atoms with Gasteiger partial charge in [-0.25, -0.2) is 0 Å². The van der Waals surface area contributed by atoms with Gasteiger partial charge in [0.2, 0.25) is 11.7 Å². The van der Waals surface area contributed by atoms with Crippen molar-refractivity contribution in [2.75, 3.05) is 13.7 Å². The third kappa shape index (κ3) is 3.79. The normalized spacial score (nSPS) is 19.9. The molecule has 114 valence electrons. The van der Waals surface area contributed by atoms with E-state index < -0.39 is 0 Å². The smallest absolute Gasteiger partial charge is 0.227 e. The van der Waals surface area contributed by atoms with Gasteiger partial charge in [-0.05, 0) is 31.2 Å². The van der Waals surface area contributed by atoms with Gasteiger partial charge < -0.3 is 15.0 Å². The molecule has 0 saturated heterocycles. The van der Waals surface area contributed by atoms with Crippen LogP contribution in [-0.4, -0.2) is 23.8 Å². The molecule has 20 heavy (non-hydrogen) atoms. The van der Waals surface area contributed by atoms with Crippen LogP contribution in [0.5, 0.6) is 0 Å². The molecule has 2 atom stereocenters. The van der Waals surface area contributed by atoms with Crippen LogP contribution in [0.1, 0.15) is 63.3 Å². The predicted octanol–water partition coefficient (Wildman–Crippen LogP) is 2.86. The molecule has 5 nitrogen and oxygen atoms in total. The molecule has 1 fully saturated rings. The lowest BCUT2D eigenvalue weighted by Crippen LogP contribution is -2.19. The lowest BCUT2D eigenvalue weighted by molar-refractivity contribution is 0.0273. The van der Waals surface area contributed by atoms with Crippen LogP contribution in [0, 0.1) is 11.8 Å². The molecule has 0 spiro atoms. The van der Waals surface area contributed by atoms with Crippen molar-refractivity contribution in [3.63, 3.8) is 0 Å². The van der Waals surface area contributed by atoms with Gasteiger partial charge in [0.15, 0.2) is 0 Å². The molecule has 2 unspecified atom stereocenters. The average molecular weight is 281 g/mol.